The fourth-order valence-corrected chi connectivity index (χ4v) is 4.63. The van der Waals surface area contributed by atoms with Gasteiger partial charge in [0.05, 0.1) is 18.9 Å². The number of esters is 1. The Morgan fingerprint density at radius 1 is 1.22 bits per heavy atom. The van der Waals surface area contributed by atoms with E-state index in [-0.39, 0.29) is 11.5 Å². The fourth-order valence-electron chi connectivity index (χ4n) is 4.63. The first-order chi connectivity index (χ1) is 18.0. The van der Waals surface area contributed by atoms with Crippen LogP contribution in [0.4, 0.5) is 0 Å². The predicted molar refractivity (Wildman–Crippen MR) is 149 cm³/mol. The number of ether oxygens (including phenoxy) is 2. The van der Waals surface area contributed by atoms with Crippen molar-refractivity contribution in [3.05, 3.63) is 76.8 Å². The van der Waals surface area contributed by atoms with Crippen LogP contribution < -0.4 is 10.1 Å². The molecular formula is C31H39N3O3. The van der Waals surface area contributed by atoms with Gasteiger partial charge >= 0.3 is 5.97 Å². The van der Waals surface area contributed by atoms with E-state index < -0.39 is 0 Å². The third kappa shape index (κ3) is 7.16. The van der Waals surface area contributed by atoms with Crippen molar-refractivity contribution in [2.45, 2.75) is 83.4 Å². The lowest BCUT2D eigenvalue weighted by atomic mass is 9.93. The first kappa shape index (κ1) is 26.8. The number of nitrogens with zero attached hydrogens (tertiary/aromatic N) is 2. The molecule has 4 rings (SSSR count). The van der Waals surface area contributed by atoms with Crippen LogP contribution in [0.25, 0.3) is 5.57 Å². The molecule has 2 aliphatic rings. The molecule has 0 amide bonds. The average Bonchev–Trinajstić information content (AvgIpc) is 3.84. The summed E-state index contributed by atoms with van der Waals surface area (Å²) in [5, 5.41) is 3.84. The summed E-state index contributed by atoms with van der Waals surface area (Å²) in [6.45, 7) is 8.68. The number of benzene rings is 1. The Bertz CT molecular complexity index is 1180. The maximum atomic E-state index is 11.4. The van der Waals surface area contributed by atoms with Gasteiger partial charge in [-0.3, -0.25) is 14.8 Å². The van der Waals surface area contributed by atoms with Crippen LogP contribution in [0.15, 0.2) is 59.2 Å². The van der Waals surface area contributed by atoms with Crippen LogP contribution in [-0.4, -0.2) is 36.4 Å². The van der Waals surface area contributed by atoms with E-state index in [1.165, 1.54) is 18.2 Å². The van der Waals surface area contributed by atoms with Crippen molar-refractivity contribution in [3.8, 4) is 5.75 Å². The van der Waals surface area contributed by atoms with Crippen LogP contribution in [0.1, 0.15) is 74.4 Å². The average molecular weight is 502 g/mol. The van der Waals surface area contributed by atoms with Crippen molar-refractivity contribution in [1.29, 1.82) is 0 Å². The van der Waals surface area contributed by atoms with E-state index in [1.807, 2.05) is 6.07 Å². The number of para-hydroxylation sites is 1. The molecule has 0 bridgehead atoms. The molecule has 2 saturated carbocycles. The van der Waals surface area contributed by atoms with Gasteiger partial charge in [-0.2, -0.15) is 0 Å². The molecule has 0 saturated heterocycles. The van der Waals surface area contributed by atoms with Crippen LogP contribution in [0.2, 0.25) is 0 Å². The maximum Gasteiger partial charge on any atom is 0.305 e. The van der Waals surface area contributed by atoms with Gasteiger partial charge in [0.1, 0.15) is 5.75 Å². The molecule has 6 nitrogen and oxygen atoms in total. The summed E-state index contributed by atoms with van der Waals surface area (Å²) in [6, 6.07) is 12.5. The number of carbonyl (C=O) groups is 1. The SMILES string of the molecule is C=N/C=C\C(=C(/C)C1(NCc2nc(CCCCC(=O)OC)ccc2C)CC1)c1ccccc1OC1CC1. The molecule has 37 heavy (non-hydrogen) atoms. The monoisotopic (exact) mass is 501 g/mol. The van der Waals surface area contributed by atoms with Crippen LogP contribution >= 0.6 is 0 Å². The highest BCUT2D eigenvalue weighted by molar-refractivity contribution is 5.81. The third-order valence-electron chi connectivity index (χ3n) is 7.36. The van der Waals surface area contributed by atoms with Crippen molar-refractivity contribution in [1.82, 2.24) is 10.3 Å². The van der Waals surface area contributed by atoms with E-state index in [9.17, 15) is 4.79 Å². The molecule has 6 heteroatoms. The Hall–Kier alpha value is -3.25. The third-order valence-corrected chi connectivity index (χ3v) is 7.36. The number of hydrogen-bond donors (Lipinski definition) is 1. The highest BCUT2D eigenvalue weighted by atomic mass is 16.5. The summed E-state index contributed by atoms with van der Waals surface area (Å²) >= 11 is 0. The zero-order valence-electron chi connectivity index (χ0n) is 22.4. The van der Waals surface area contributed by atoms with Crippen molar-refractivity contribution in [2.24, 2.45) is 4.99 Å². The Morgan fingerprint density at radius 2 is 2.00 bits per heavy atom. The number of rotatable bonds is 14. The number of aliphatic imine (C=N–C) groups is 1. The smallest absolute Gasteiger partial charge is 0.305 e. The molecule has 0 radical (unpaired) electrons. The van der Waals surface area contributed by atoms with Gasteiger partial charge in [0, 0.05) is 36.0 Å². The van der Waals surface area contributed by atoms with E-state index in [1.54, 1.807) is 6.20 Å². The van der Waals surface area contributed by atoms with Crippen LogP contribution in [0.3, 0.4) is 0 Å². The number of hydrogen-bond acceptors (Lipinski definition) is 6. The Balaban J connectivity index is 1.49. The van der Waals surface area contributed by atoms with Gasteiger partial charge in [0.25, 0.3) is 0 Å². The largest absolute Gasteiger partial charge is 0.490 e. The highest BCUT2D eigenvalue weighted by Gasteiger charge is 2.45. The second-order valence-corrected chi connectivity index (χ2v) is 10.1. The minimum Gasteiger partial charge on any atom is -0.490 e. The molecule has 1 aromatic heterocycles. The van der Waals surface area contributed by atoms with E-state index in [0.717, 1.165) is 73.2 Å². The summed E-state index contributed by atoms with van der Waals surface area (Å²) in [7, 11) is 1.43. The number of allylic oxidation sites excluding steroid dienone is 2. The second-order valence-electron chi connectivity index (χ2n) is 10.1. The summed E-state index contributed by atoms with van der Waals surface area (Å²) in [4.78, 5) is 20.3. The lowest BCUT2D eigenvalue weighted by molar-refractivity contribution is -0.140. The maximum absolute atomic E-state index is 11.4. The Kier molecular flexibility index (Phi) is 8.93. The predicted octanol–water partition coefficient (Wildman–Crippen LogP) is 6.13. The second kappa shape index (κ2) is 12.3. The molecule has 1 N–H and O–H groups in total. The van der Waals surface area contributed by atoms with Gasteiger partial charge in [-0.05, 0) is 100 Å². The highest BCUT2D eigenvalue weighted by Crippen LogP contribution is 2.47. The van der Waals surface area contributed by atoms with E-state index in [0.29, 0.717) is 19.1 Å². The zero-order chi connectivity index (χ0) is 26.3. The topological polar surface area (TPSA) is 72.8 Å². The normalized spacial score (nSPS) is 16.8. The van der Waals surface area contributed by atoms with Crippen molar-refractivity contribution in [2.75, 3.05) is 7.11 Å². The van der Waals surface area contributed by atoms with E-state index >= 15 is 0 Å². The first-order valence-electron chi connectivity index (χ1n) is 13.3. The van der Waals surface area contributed by atoms with Gasteiger partial charge in [-0.1, -0.05) is 24.3 Å². The molecule has 1 aromatic carbocycles. The van der Waals surface area contributed by atoms with Gasteiger partial charge in [0.2, 0.25) is 0 Å². The lowest BCUT2D eigenvalue weighted by Crippen LogP contribution is -2.33. The van der Waals surface area contributed by atoms with Crippen LogP contribution in [0.5, 0.6) is 5.75 Å². The van der Waals surface area contributed by atoms with E-state index in [2.05, 4.69) is 67.3 Å². The van der Waals surface area contributed by atoms with Crippen molar-refractivity contribution >= 4 is 18.3 Å². The van der Waals surface area contributed by atoms with Gasteiger partial charge in [-0.25, -0.2) is 0 Å². The molecule has 2 fully saturated rings. The van der Waals surface area contributed by atoms with Gasteiger partial charge in [0.15, 0.2) is 0 Å². The number of carbonyl (C=O) groups excluding carboxylic acids is 1. The molecule has 2 aromatic rings. The molecule has 0 aliphatic heterocycles. The molecule has 0 atom stereocenters. The summed E-state index contributed by atoms with van der Waals surface area (Å²) in [6.07, 6.45) is 11.6. The lowest BCUT2D eigenvalue weighted by Gasteiger charge is -2.23. The minimum absolute atomic E-state index is 0.0713. The molecular weight excluding hydrogens is 462 g/mol. The molecule has 0 spiro atoms. The van der Waals surface area contributed by atoms with Crippen LogP contribution in [0, 0.1) is 6.92 Å². The standard InChI is InChI=1S/C31H39N3O3/c1-22-13-14-24(9-5-8-12-30(35)36-4)34-28(22)21-33-31(18-19-31)23(2)26(17-20-32-3)27-10-6-7-11-29(27)37-25-15-16-25/h6-7,10-11,13-14,17,20,25,33H,3,5,8-9,12,15-16,18-19,21H2,1-2,4H3/b20-17-,26-23-. The quantitative estimate of drug-likeness (QED) is 0.146. The Morgan fingerprint density at radius 3 is 2.70 bits per heavy atom. The van der Waals surface area contributed by atoms with Gasteiger partial charge < -0.3 is 14.8 Å². The Labute approximate surface area is 220 Å². The van der Waals surface area contributed by atoms with Crippen LogP contribution in [-0.2, 0) is 22.5 Å². The van der Waals surface area contributed by atoms with Crippen molar-refractivity contribution < 1.29 is 14.3 Å². The number of aromatic nitrogens is 1. The number of methoxy groups -OCH3 is 1. The zero-order valence-corrected chi connectivity index (χ0v) is 22.4. The number of unbranched alkanes of at least 4 members (excludes halogenated alkanes) is 1. The summed E-state index contributed by atoms with van der Waals surface area (Å²) in [5.41, 5.74) is 6.78. The first-order valence-corrected chi connectivity index (χ1v) is 13.3. The number of pyridine rings is 1. The van der Waals surface area contributed by atoms with Gasteiger partial charge in [-0.15, -0.1) is 0 Å². The molecule has 196 valence electrons. The minimum atomic E-state index is -0.153. The number of aryl methyl sites for hydroxylation is 2. The summed E-state index contributed by atoms with van der Waals surface area (Å²) in [5.74, 6) is 0.779. The number of nitrogens with one attached hydrogen (secondary N) is 1. The summed E-state index contributed by atoms with van der Waals surface area (Å²) < 4.78 is 11.0. The molecule has 1 heterocycles. The van der Waals surface area contributed by atoms with E-state index in [4.69, 9.17) is 14.5 Å². The van der Waals surface area contributed by atoms with Crippen molar-refractivity contribution in [3.63, 3.8) is 0 Å². The molecule has 0 unspecified atom stereocenters. The fraction of sp³-hybridized carbons (Fsp3) is 0.452. The molecule has 2 aliphatic carbocycles.